The third kappa shape index (κ3) is 3.70. The normalized spacial score (nSPS) is 10.6. The lowest BCUT2D eigenvalue weighted by molar-refractivity contribution is 0.0927. The largest absolute Gasteiger partial charge is 0.494 e. The second kappa shape index (κ2) is 6.39. The van der Waals surface area contributed by atoms with Gasteiger partial charge in [-0.1, -0.05) is 12.1 Å². The van der Waals surface area contributed by atoms with Crippen LogP contribution >= 0.6 is 0 Å². The van der Waals surface area contributed by atoms with E-state index in [1.165, 1.54) is 6.26 Å². The lowest BCUT2D eigenvalue weighted by Gasteiger charge is -2.02. The van der Waals surface area contributed by atoms with Crippen molar-refractivity contribution in [1.82, 2.24) is 5.43 Å². The highest BCUT2D eigenvalue weighted by Crippen LogP contribution is 2.11. The first-order chi connectivity index (χ1) is 9.29. The Kier molecular flexibility index (Phi) is 4.34. The number of rotatable bonds is 5. The molecule has 2 rings (SSSR count). The number of carbonyl (C=O) groups is 1. The Labute approximate surface area is 110 Å². The monoisotopic (exact) mass is 258 g/mol. The Hall–Kier alpha value is -2.56. The summed E-state index contributed by atoms with van der Waals surface area (Å²) in [7, 11) is 0. The molecule has 1 N–H and O–H groups in total. The van der Waals surface area contributed by atoms with E-state index in [4.69, 9.17) is 9.15 Å². The standard InChI is InChI=1S/C14H14N2O3/c1-2-18-12-6-3-5-11(9-12)10-15-16-14(17)13-7-4-8-19-13/h3-10H,2H2,1H3,(H,16,17). The maximum Gasteiger partial charge on any atom is 0.307 e. The molecular formula is C14H14N2O3. The minimum absolute atomic E-state index is 0.222. The Morgan fingerprint density at radius 2 is 2.32 bits per heavy atom. The van der Waals surface area contributed by atoms with Crippen LogP contribution in [0.3, 0.4) is 0 Å². The van der Waals surface area contributed by atoms with Crippen LogP contribution in [0, 0.1) is 0 Å². The van der Waals surface area contributed by atoms with Gasteiger partial charge in [-0.25, -0.2) is 5.43 Å². The summed E-state index contributed by atoms with van der Waals surface area (Å²) >= 11 is 0. The molecule has 1 aromatic carbocycles. The molecule has 1 heterocycles. The minimum atomic E-state index is -0.387. The van der Waals surface area contributed by atoms with Crippen molar-refractivity contribution in [3.05, 3.63) is 54.0 Å². The highest BCUT2D eigenvalue weighted by molar-refractivity contribution is 5.92. The highest BCUT2D eigenvalue weighted by Gasteiger charge is 2.05. The van der Waals surface area contributed by atoms with Crippen molar-refractivity contribution >= 4 is 12.1 Å². The van der Waals surface area contributed by atoms with E-state index in [9.17, 15) is 4.79 Å². The Morgan fingerprint density at radius 1 is 1.42 bits per heavy atom. The number of amides is 1. The molecule has 0 atom stereocenters. The topological polar surface area (TPSA) is 63.8 Å². The number of nitrogens with one attached hydrogen (secondary N) is 1. The van der Waals surface area contributed by atoms with E-state index >= 15 is 0 Å². The maximum atomic E-state index is 11.5. The first kappa shape index (κ1) is 12.9. The van der Waals surface area contributed by atoms with Gasteiger partial charge < -0.3 is 9.15 Å². The molecule has 19 heavy (non-hydrogen) atoms. The molecular weight excluding hydrogens is 244 g/mol. The van der Waals surface area contributed by atoms with Crippen LogP contribution in [-0.2, 0) is 0 Å². The van der Waals surface area contributed by atoms with E-state index in [1.54, 1.807) is 18.3 Å². The van der Waals surface area contributed by atoms with Crippen LogP contribution < -0.4 is 10.2 Å². The summed E-state index contributed by atoms with van der Waals surface area (Å²) < 4.78 is 10.3. The molecule has 0 bridgehead atoms. The van der Waals surface area contributed by atoms with Crippen molar-refractivity contribution in [3.8, 4) is 5.75 Å². The van der Waals surface area contributed by atoms with Crippen molar-refractivity contribution in [2.24, 2.45) is 5.10 Å². The van der Waals surface area contributed by atoms with Crippen molar-refractivity contribution in [3.63, 3.8) is 0 Å². The van der Waals surface area contributed by atoms with Crippen LogP contribution in [0.25, 0.3) is 0 Å². The van der Waals surface area contributed by atoms with Crippen molar-refractivity contribution in [2.75, 3.05) is 6.61 Å². The molecule has 0 saturated carbocycles. The molecule has 0 radical (unpaired) electrons. The van der Waals surface area contributed by atoms with Gasteiger partial charge in [0, 0.05) is 0 Å². The van der Waals surface area contributed by atoms with E-state index in [-0.39, 0.29) is 11.7 Å². The first-order valence-electron chi connectivity index (χ1n) is 5.89. The van der Waals surface area contributed by atoms with Crippen LogP contribution in [0.4, 0.5) is 0 Å². The SMILES string of the molecule is CCOc1cccc(C=NNC(=O)c2ccco2)c1. The number of carbonyl (C=O) groups excluding carboxylic acids is 1. The third-order valence-electron chi connectivity index (χ3n) is 2.29. The summed E-state index contributed by atoms with van der Waals surface area (Å²) in [6.07, 6.45) is 2.98. The number of nitrogens with zero attached hydrogens (tertiary/aromatic N) is 1. The molecule has 0 aliphatic heterocycles. The predicted molar refractivity (Wildman–Crippen MR) is 71.4 cm³/mol. The van der Waals surface area contributed by atoms with Gasteiger partial charge in [-0.05, 0) is 36.8 Å². The van der Waals surface area contributed by atoms with Gasteiger partial charge in [-0.2, -0.15) is 5.10 Å². The second-order valence-electron chi connectivity index (χ2n) is 3.68. The predicted octanol–water partition coefficient (Wildman–Crippen LogP) is 2.44. The zero-order valence-electron chi connectivity index (χ0n) is 10.5. The van der Waals surface area contributed by atoms with Gasteiger partial charge in [-0.3, -0.25) is 4.79 Å². The van der Waals surface area contributed by atoms with Gasteiger partial charge in [0.15, 0.2) is 5.76 Å². The summed E-state index contributed by atoms with van der Waals surface area (Å²) in [5.74, 6) is 0.603. The third-order valence-corrected chi connectivity index (χ3v) is 2.29. The molecule has 0 unspecified atom stereocenters. The average molecular weight is 258 g/mol. The number of hydrogen-bond acceptors (Lipinski definition) is 4. The van der Waals surface area contributed by atoms with Crippen molar-refractivity contribution in [1.29, 1.82) is 0 Å². The van der Waals surface area contributed by atoms with Gasteiger partial charge in [0.25, 0.3) is 0 Å². The van der Waals surface area contributed by atoms with E-state index < -0.39 is 0 Å². The van der Waals surface area contributed by atoms with Crippen LogP contribution in [0.1, 0.15) is 23.0 Å². The Balaban J connectivity index is 1.95. The maximum absolute atomic E-state index is 11.5. The van der Waals surface area contributed by atoms with E-state index in [0.717, 1.165) is 11.3 Å². The van der Waals surface area contributed by atoms with Crippen LogP contribution in [0.15, 0.2) is 52.2 Å². The Morgan fingerprint density at radius 3 is 3.05 bits per heavy atom. The van der Waals surface area contributed by atoms with Gasteiger partial charge in [-0.15, -0.1) is 0 Å². The van der Waals surface area contributed by atoms with Gasteiger partial charge >= 0.3 is 5.91 Å². The quantitative estimate of drug-likeness (QED) is 0.661. The van der Waals surface area contributed by atoms with Gasteiger partial charge in [0.05, 0.1) is 19.1 Å². The fraction of sp³-hybridized carbons (Fsp3) is 0.143. The molecule has 0 saturated heterocycles. The number of furan rings is 1. The number of hydrogen-bond donors (Lipinski definition) is 1. The molecule has 5 nitrogen and oxygen atoms in total. The summed E-state index contributed by atoms with van der Waals surface area (Å²) in [4.78, 5) is 11.5. The van der Waals surface area contributed by atoms with Crippen molar-refractivity contribution < 1.29 is 13.9 Å². The number of ether oxygens (including phenoxy) is 1. The molecule has 0 spiro atoms. The molecule has 0 aliphatic carbocycles. The Bertz CT molecular complexity index is 562. The zero-order valence-corrected chi connectivity index (χ0v) is 10.5. The number of hydrazone groups is 1. The first-order valence-corrected chi connectivity index (χ1v) is 5.89. The van der Waals surface area contributed by atoms with Crippen LogP contribution in [0.2, 0.25) is 0 Å². The summed E-state index contributed by atoms with van der Waals surface area (Å²) in [6, 6.07) is 10.6. The van der Waals surface area contributed by atoms with Gasteiger partial charge in [0.1, 0.15) is 5.75 Å². The van der Waals surface area contributed by atoms with Crippen LogP contribution in [0.5, 0.6) is 5.75 Å². The minimum Gasteiger partial charge on any atom is -0.494 e. The van der Waals surface area contributed by atoms with E-state index in [0.29, 0.717) is 6.61 Å². The molecule has 0 aliphatic rings. The lowest BCUT2D eigenvalue weighted by atomic mass is 10.2. The van der Waals surface area contributed by atoms with Crippen molar-refractivity contribution in [2.45, 2.75) is 6.92 Å². The van der Waals surface area contributed by atoms with E-state index in [2.05, 4.69) is 10.5 Å². The lowest BCUT2D eigenvalue weighted by Crippen LogP contribution is -2.16. The molecule has 1 aromatic heterocycles. The average Bonchev–Trinajstić information content (AvgIpc) is 2.93. The fourth-order valence-corrected chi connectivity index (χ4v) is 1.48. The summed E-state index contributed by atoms with van der Waals surface area (Å²) in [5, 5.41) is 3.86. The highest BCUT2D eigenvalue weighted by atomic mass is 16.5. The fourth-order valence-electron chi connectivity index (χ4n) is 1.48. The molecule has 1 amide bonds. The molecule has 0 fully saturated rings. The van der Waals surface area contributed by atoms with Gasteiger partial charge in [0.2, 0.25) is 0 Å². The molecule has 5 heteroatoms. The van der Waals surface area contributed by atoms with Crippen LogP contribution in [-0.4, -0.2) is 18.7 Å². The molecule has 2 aromatic rings. The smallest absolute Gasteiger partial charge is 0.307 e. The second-order valence-corrected chi connectivity index (χ2v) is 3.68. The van der Waals surface area contributed by atoms with E-state index in [1.807, 2.05) is 31.2 Å². The summed E-state index contributed by atoms with van der Waals surface area (Å²) in [6.45, 7) is 2.53. The molecule has 98 valence electrons. The number of benzene rings is 1. The zero-order chi connectivity index (χ0) is 13.5. The summed E-state index contributed by atoms with van der Waals surface area (Å²) in [5.41, 5.74) is 3.22.